The number of aromatic nitrogens is 1. The predicted octanol–water partition coefficient (Wildman–Crippen LogP) is 1.67. The van der Waals surface area contributed by atoms with E-state index < -0.39 is 0 Å². The highest BCUT2D eigenvalue weighted by Gasteiger charge is 2.22. The molecule has 2 N–H and O–H groups in total. The van der Waals surface area contributed by atoms with Crippen LogP contribution in [-0.2, 0) is 6.54 Å². The van der Waals surface area contributed by atoms with Crippen molar-refractivity contribution in [2.75, 3.05) is 27.3 Å². The number of rotatable bonds is 4. The molecule has 0 spiro atoms. The summed E-state index contributed by atoms with van der Waals surface area (Å²) in [6.45, 7) is 7.34. The molecule has 0 aliphatic carbocycles. The van der Waals surface area contributed by atoms with Crippen LogP contribution in [0.5, 0.6) is 11.5 Å². The number of ether oxygens (including phenoxy) is 2. The zero-order valence-electron chi connectivity index (χ0n) is 15.0. The van der Waals surface area contributed by atoms with Gasteiger partial charge in [0.25, 0.3) is 0 Å². The van der Waals surface area contributed by atoms with Gasteiger partial charge in [-0.3, -0.25) is 4.79 Å². The van der Waals surface area contributed by atoms with Crippen LogP contribution in [0.3, 0.4) is 0 Å². The van der Waals surface area contributed by atoms with Gasteiger partial charge in [0.15, 0.2) is 5.43 Å². The number of likely N-dealkylation sites (tertiary alicyclic amines) is 1. The van der Waals surface area contributed by atoms with E-state index in [-0.39, 0.29) is 5.43 Å². The molecule has 3 rings (SSSR count). The summed E-state index contributed by atoms with van der Waals surface area (Å²) < 4.78 is 10.7. The highest BCUT2D eigenvalue weighted by molar-refractivity contribution is 5.86. The van der Waals surface area contributed by atoms with E-state index in [0.717, 1.165) is 42.3 Å². The molecule has 5 heteroatoms. The van der Waals surface area contributed by atoms with Crippen LogP contribution in [0.25, 0.3) is 10.9 Å². The number of aryl methyl sites for hydroxylation is 1. The first kappa shape index (κ1) is 16.8. The Labute approximate surface area is 142 Å². The van der Waals surface area contributed by atoms with Crippen LogP contribution >= 0.6 is 0 Å². The number of nitrogens with one attached hydrogen (secondary N) is 2. The molecule has 1 aromatic carbocycles. The molecular formula is C19H27N2O3+. The van der Waals surface area contributed by atoms with Gasteiger partial charge in [-0.2, -0.15) is 0 Å². The maximum Gasteiger partial charge on any atom is 0.198 e. The van der Waals surface area contributed by atoms with Gasteiger partial charge in [0.1, 0.15) is 18.0 Å². The van der Waals surface area contributed by atoms with E-state index in [9.17, 15) is 4.79 Å². The summed E-state index contributed by atoms with van der Waals surface area (Å²) in [5.41, 5.74) is 2.64. The zero-order valence-corrected chi connectivity index (χ0v) is 15.0. The minimum Gasteiger partial charge on any atom is -0.497 e. The van der Waals surface area contributed by atoms with Crippen molar-refractivity contribution < 1.29 is 14.4 Å². The Morgan fingerprint density at radius 1 is 1.21 bits per heavy atom. The third-order valence-electron chi connectivity index (χ3n) is 5.22. The number of piperidine rings is 1. The van der Waals surface area contributed by atoms with Crippen LogP contribution < -0.4 is 19.8 Å². The molecule has 1 aromatic heterocycles. The molecule has 5 nitrogen and oxygen atoms in total. The number of methoxy groups -OCH3 is 2. The van der Waals surface area contributed by atoms with Gasteiger partial charge >= 0.3 is 0 Å². The van der Waals surface area contributed by atoms with Crippen molar-refractivity contribution in [3.05, 3.63) is 33.6 Å². The summed E-state index contributed by atoms with van der Waals surface area (Å²) in [5, 5.41) is 0.636. The number of benzene rings is 1. The van der Waals surface area contributed by atoms with Crippen LogP contribution in [0.2, 0.25) is 0 Å². The highest BCUT2D eigenvalue weighted by atomic mass is 16.5. The molecule has 130 valence electrons. The van der Waals surface area contributed by atoms with Crippen molar-refractivity contribution in [1.82, 2.24) is 4.98 Å². The van der Waals surface area contributed by atoms with Gasteiger partial charge in [-0.25, -0.2) is 0 Å². The van der Waals surface area contributed by atoms with Crippen molar-refractivity contribution in [2.45, 2.75) is 33.2 Å². The van der Waals surface area contributed by atoms with Gasteiger partial charge in [-0.05, 0) is 31.7 Å². The molecule has 1 fully saturated rings. The predicted molar refractivity (Wildman–Crippen MR) is 95.2 cm³/mol. The monoisotopic (exact) mass is 331 g/mol. The number of fused-ring (bicyclic) bond motifs is 1. The van der Waals surface area contributed by atoms with Crippen LogP contribution in [0.1, 0.15) is 31.0 Å². The van der Waals surface area contributed by atoms with E-state index in [1.807, 2.05) is 6.92 Å². The number of hydrogen-bond donors (Lipinski definition) is 2. The fourth-order valence-electron chi connectivity index (χ4n) is 3.58. The van der Waals surface area contributed by atoms with E-state index in [4.69, 9.17) is 9.47 Å². The van der Waals surface area contributed by atoms with E-state index >= 15 is 0 Å². The summed E-state index contributed by atoms with van der Waals surface area (Å²) in [6.07, 6.45) is 2.48. The number of pyridine rings is 1. The van der Waals surface area contributed by atoms with Crippen molar-refractivity contribution >= 4 is 10.9 Å². The summed E-state index contributed by atoms with van der Waals surface area (Å²) in [7, 11) is 3.21. The second-order valence-corrected chi connectivity index (χ2v) is 6.92. The average Bonchev–Trinajstić information content (AvgIpc) is 2.59. The van der Waals surface area contributed by atoms with Gasteiger partial charge in [0, 0.05) is 11.8 Å². The quantitative estimate of drug-likeness (QED) is 0.896. The molecule has 1 aliphatic heterocycles. The summed E-state index contributed by atoms with van der Waals surface area (Å²) in [6, 6.07) is 3.60. The molecule has 24 heavy (non-hydrogen) atoms. The van der Waals surface area contributed by atoms with Gasteiger partial charge in [0.2, 0.25) is 0 Å². The Balaban J connectivity index is 2.04. The number of quaternary nitrogens is 1. The van der Waals surface area contributed by atoms with Crippen molar-refractivity contribution in [1.29, 1.82) is 0 Å². The Hall–Kier alpha value is -2.01. The first-order valence-corrected chi connectivity index (χ1v) is 8.64. The fraction of sp³-hybridized carbons (Fsp3) is 0.526. The molecule has 0 unspecified atom stereocenters. The topological polar surface area (TPSA) is 55.8 Å². The molecule has 2 aromatic rings. The standard InChI is InChI=1S/C19H26N2O3/c1-12-5-7-21(8-6-12)11-16-13(2)20-18-15(19(16)22)9-14(23-3)10-17(18)24-4/h9-10,12H,5-8,11H2,1-4H3,(H,20,22)/p+1. The summed E-state index contributed by atoms with van der Waals surface area (Å²) >= 11 is 0. The van der Waals surface area contributed by atoms with Gasteiger partial charge in [-0.1, -0.05) is 6.92 Å². The lowest BCUT2D eigenvalue weighted by Gasteiger charge is -2.27. The molecule has 0 saturated carbocycles. The Morgan fingerprint density at radius 3 is 2.54 bits per heavy atom. The molecular weight excluding hydrogens is 304 g/mol. The lowest BCUT2D eigenvalue weighted by atomic mass is 9.98. The molecule has 0 atom stereocenters. The first-order chi connectivity index (χ1) is 11.5. The molecule has 1 aliphatic rings. The third kappa shape index (κ3) is 3.13. The first-order valence-electron chi connectivity index (χ1n) is 8.64. The SMILES string of the molecule is COc1cc(OC)c2[nH]c(C)c(C[NH+]3CCC(C)CC3)c(=O)c2c1. The lowest BCUT2D eigenvalue weighted by molar-refractivity contribution is -0.919. The van der Waals surface area contributed by atoms with Crippen LogP contribution in [-0.4, -0.2) is 32.3 Å². The van der Waals surface area contributed by atoms with Crippen LogP contribution in [0.15, 0.2) is 16.9 Å². The van der Waals surface area contributed by atoms with Crippen molar-refractivity contribution in [2.24, 2.45) is 5.92 Å². The van der Waals surface area contributed by atoms with E-state index in [0.29, 0.717) is 16.9 Å². The molecule has 1 saturated heterocycles. The summed E-state index contributed by atoms with van der Waals surface area (Å²) in [4.78, 5) is 17.9. The maximum absolute atomic E-state index is 13.1. The lowest BCUT2D eigenvalue weighted by Crippen LogP contribution is -3.12. The minimum absolute atomic E-state index is 0.0876. The molecule has 0 bridgehead atoms. The minimum atomic E-state index is 0.0876. The Kier molecular flexibility index (Phi) is 4.81. The van der Waals surface area contributed by atoms with Crippen LogP contribution in [0, 0.1) is 12.8 Å². The average molecular weight is 331 g/mol. The normalized spacial score (nSPS) is 21.0. The van der Waals surface area contributed by atoms with Gasteiger partial charge in [-0.15, -0.1) is 0 Å². The number of aromatic amines is 1. The maximum atomic E-state index is 13.1. The largest absolute Gasteiger partial charge is 0.497 e. The Morgan fingerprint density at radius 2 is 1.92 bits per heavy atom. The number of H-pyrrole nitrogens is 1. The van der Waals surface area contributed by atoms with Gasteiger partial charge in [0.05, 0.1) is 43.8 Å². The van der Waals surface area contributed by atoms with Crippen molar-refractivity contribution in [3.63, 3.8) is 0 Å². The fourth-order valence-corrected chi connectivity index (χ4v) is 3.58. The van der Waals surface area contributed by atoms with E-state index in [1.165, 1.54) is 17.7 Å². The second-order valence-electron chi connectivity index (χ2n) is 6.92. The third-order valence-corrected chi connectivity index (χ3v) is 5.22. The molecule has 0 amide bonds. The smallest absolute Gasteiger partial charge is 0.198 e. The van der Waals surface area contributed by atoms with E-state index in [2.05, 4.69) is 11.9 Å². The zero-order chi connectivity index (χ0) is 17.3. The molecule has 0 radical (unpaired) electrons. The highest BCUT2D eigenvalue weighted by Crippen LogP contribution is 2.28. The van der Waals surface area contributed by atoms with Gasteiger partial charge < -0.3 is 19.4 Å². The van der Waals surface area contributed by atoms with E-state index in [1.54, 1.807) is 26.4 Å². The summed E-state index contributed by atoms with van der Waals surface area (Å²) in [5.74, 6) is 2.08. The Bertz CT molecular complexity index is 789. The number of hydrogen-bond acceptors (Lipinski definition) is 3. The van der Waals surface area contributed by atoms with Crippen molar-refractivity contribution in [3.8, 4) is 11.5 Å². The second kappa shape index (κ2) is 6.85. The molecule has 2 heterocycles. The van der Waals surface area contributed by atoms with Crippen LogP contribution in [0.4, 0.5) is 0 Å².